The monoisotopic (exact) mass is 349 g/mol. The lowest BCUT2D eigenvalue weighted by Gasteiger charge is -2.13. The largest absolute Gasteiger partial charge is 0.497 e. The summed E-state index contributed by atoms with van der Waals surface area (Å²) in [5.41, 5.74) is 1.65. The van der Waals surface area contributed by atoms with Crippen LogP contribution in [0.25, 0.3) is 0 Å². The van der Waals surface area contributed by atoms with Crippen LogP contribution in [-0.4, -0.2) is 36.5 Å². The van der Waals surface area contributed by atoms with Crippen LogP contribution in [-0.2, 0) is 16.4 Å². The van der Waals surface area contributed by atoms with E-state index < -0.39 is 21.1 Å². The SMILES string of the molecule is COc1ccc(CCC(C(=O)c2ncc(C)cn2)S(N)(=O)=O)cc1. The van der Waals surface area contributed by atoms with Crippen molar-refractivity contribution in [1.29, 1.82) is 0 Å². The van der Waals surface area contributed by atoms with E-state index in [1.165, 1.54) is 12.4 Å². The molecule has 0 saturated heterocycles. The van der Waals surface area contributed by atoms with Crippen LogP contribution >= 0.6 is 0 Å². The number of ether oxygens (including phenoxy) is 1. The van der Waals surface area contributed by atoms with E-state index in [4.69, 9.17) is 9.88 Å². The average molecular weight is 349 g/mol. The first kappa shape index (κ1) is 18.0. The first-order valence-corrected chi connectivity index (χ1v) is 8.89. The van der Waals surface area contributed by atoms with Gasteiger partial charge in [-0.3, -0.25) is 4.79 Å². The van der Waals surface area contributed by atoms with Gasteiger partial charge in [-0.2, -0.15) is 0 Å². The number of primary sulfonamides is 1. The van der Waals surface area contributed by atoms with Crippen molar-refractivity contribution in [2.75, 3.05) is 7.11 Å². The molecule has 1 atom stereocenters. The molecule has 0 bridgehead atoms. The van der Waals surface area contributed by atoms with Gasteiger partial charge < -0.3 is 4.74 Å². The van der Waals surface area contributed by atoms with E-state index in [9.17, 15) is 13.2 Å². The van der Waals surface area contributed by atoms with Gasteiger partial charge in [0, 0.05) is 12.4 Å². The summed E-state index contributed by atoms with van der Waals surface area (Å²) in [6, 6.07) is 7.16. The van der Waals surface area contributed by atoms with Gasteiger partial charge in [0.1, 0.15) is 11.0 Å². The summed E-state index contributed by atoms with van der Waals surface area (Å²) >= 11 is 0. The van der Waals surface area contributed by atoms with Crippen molar-refractivity contribution in [3.63, 3.8) is 0 Å². The van der Waals surface area contributed by atoms with Crippen LogP contribution in [0.15, 0.2) is 36.7 Å². The molecule has 0 amide bonds. The fourth-order valence-electron chi connectivity index (χ4n) is 2.20. The zero-order valence-electron chi connectivity index (χ0n) is 13.5. The Labute approximate surface area is 140 Å². The first-order valence-electron chi connectivity index (χ1n) is 7.28. The van der Waals surface area contributed by atoms with Crippen LogP contribution < -0.4 is 9.88 Å². The highest BCUT2D eigenvalue weighted by atomic mass is 32.2. The molecule has 1 aromatic heterocycles. The number of aromatic nitrogens is 2. The molecule has 0 radical (unpaired) electrons. The van der Waals surface area contributed by atoms with Crippen LogP contribution in [0, 0.1) is 6.92 Å². The van der Waals surface area contributed by atoms with Crippen molar-refractivity contribution in [1.82, 2.24) is 9.97 Å². The summed E-state index contributed by atoms with van der Waals surface area (Å²) in [6.45, 7) is 1.77. The van der Waals surface area contributed by atoms with Gasteiger partial charge in [-0.15, -0.1) is 0 Å². The Morgan fingerprint density at radius 3 is 2.29 bits per heavy atom. The van der Waals surface area contributed by atoms with Gasteiger partial charge in [-0.25, -0.2) is 23.5 Å². The number of methoxy groups -OCH3 is 1. The maximum absolute atomic E-state index is 12.4. The van der Waals surface area contributed by atoms with E-state index >= 15 is 0 Å². The minimum Gasteiger partial charge on any atom is -0.497 e. The zero-order valence-corrected chi connectivity index (χ0v) is 14.3. The summed E-state index contributed by atoms with van der Waals surface area (Å²) in [7, 11) is -2.50. The maximum atomic E-state index is 12.4. The van der Waals surface area contributed by atoms with Crippen LogP contribution in [0.4, 0.5) is 0 Å². The standard InChI is InChI=1S/C16H19N3O4S/c1-11-9-18-16(19-10-11)15(20)14(24(17,21)22)8-5-12-3-6-13(23-2)7-4-12/h3-4,6-7,9-10,14H,5,8H2,1-2H3,(H2,17,21,22). The Morgan fingerprint density at radius 2 is 1.79 bits per heavy atom. The number of carbonyl (C=O) groups excluding carboxylic acids is 1. The summed E-state index contributed by atoms with van der Waals surface area (Å²) in [6.07, 6.45) is 3.36. The predicted octanol–water partition coefficient (Wildman–Crippen LogP) is 1.27. The van der Waals surface area contributed by atoms with Gasteiger partial charge in [-0.1, -0.05) is 12.1 Å². The van der Waals surface area contributed by atoms with Crippen molar-refractivity contribution >= 4 is 15.8 Å². The molecular weight excluding hydrogens is 330 g/mol. The molecule has 0 aliphatic heterocycles. The van der Waals surface area contributed by atoms with Gasteiger partial charge in [0.15, 0.2) is 5.82 Å². The number of carbonyl (C=O) groups is 1. The molecular formula is C16H19N3O4S. The van der Waals surface area contributed by atoms with E-state index in [1.807, 2.05) is 12.1 Å². The summed E-state index contributed by atoms with van der Waals surface area (Å²) in [4.78, 5) is 20.2. The molecule has 0 saturated carbocycles. The normalized spacial score (nSPS) is 12.6. The lowest BCUT2D eigenvalue weighted by Crippen LogP contribution is -2.37. The molecule has 0 spiro atoms. The van der Waals surface area contributed by atoms with Crippen LogP contribution in [0.5, 0.6) is 5.75 Å². The van der Waals surface area contributed by atoms with Crippen molar-refractivity contribution < 1.29 is 17.9 Å². The van der Waals surface area contributed by atoms with Crippen molar-refractivity contribution in [3.05, 3.63) is 53.6 Å². The fourth-order valence-corrected chi connectivity index (χ4v) is 3.05. The van der Waals surface area contributed by atoms with E-state index in [0.29, 0.717) is 12.2 Å². The van der Waals surface area contributed by atoms with Crippen molar-refractivity contribution in [2.45, 2.75) is 25.0 Å². The molecule has 1 unspecified atom stereocenters. The van der Waals surface area contributed by atoms with Crippen molar-refractivity contribution in [2.24, 2.45) is 5.14 Å². The molecule has 7 nitrogen and oxygen atoms in total. The Bertz CT molecular complexity index is 802. The summed E-state index contributed by atoms with van der Waals surface area (Å²) in [5, 5.41) is 3.86. The number of hydrogen-bond donors (Lipinski definition) is 1. The van der Waals surface area contributed by atoms with E-state index in [2.05, 4.69) is 9.97 Å². The quantitative estimate of drug-likeness (QED) is 0.753. The Hall–Kier alpha value is -2.32. The predicted molar refractivity (Wildman–Crippen MR) is 89.3 cm³/mol. The third kappa shape index (κ3) is 4.59. The Kier molecular flexibility index (Phi) is 5.63. The lowest BCUT2D eigenvalue weighted by atomic mass is 10.1. The Morgan fingerprint density at radius 1 is 1.21 bits per heavy atom. The molecule has 8 heteroatoms. The molecule has 0 aliphatic rings. The second kappa shape index (κ2) is 7.50. The highest BCUT2D eigenvalue weighted by Gasteiger charge is 2.31. The molecule has 1 heterocycles. The molecule has 0 aliphatic carbocycles. The molecule has 0 fully saturated rings. The fraction of sp³-hybridized carbons (Fsp3) is 0.312. The second-order valence-electron chi connectivity index (χ2n) is 5.41. The number of Topliss-reactive ketones (excluding diaryl/α,β-unsaturated/α-hetero) is 1. The number of rotatable bonds is 7. The third-order valence-corrected chi connectivity index (χ3v) is 4.79. The molecule has 1 aromatic carbocycles. The number of nitrogens with zero attached hydrogens (tertiary/aromatic N) is 2. The highest BCUT2D eigenvalue weighted by molar-refractivity contribution is 7.90. The highest BCUT2D eigenvalue weighted by Crippen LogP contribution is 2.16. The van der Waals surface area contributed by atoms with Crippen LogP contribution in [0.3, 0.4) is 0 Å². The first-order chi connectivity index (χ1) is 11.3. The lowest BCUT2D eigenvalue weighted by molar-refractivity contribution is 0.0974. The van der Waals surface area contributed by atoms with E-state index in [-0.39, 0.29) is 12.2 Å². The number of sulfonamides is 1. The number of nitrogens with two attached hydrogens (primary N) is 1. The molecule has 2 aromatic rings. The van der Waals surface area contributed by atoms with Gasteiger partial charge in [0.2, 0.25) is 15.8 Å². The summed E-state index contributed by atoms with van der Waals surface area (Å²) in [5.74, 6) is -0.133. The minimum absolute atomic E-state index is 0.0568. The van der Waals surface area contributed by atoms with Crippen LogP contribution in [0.1, 0.15) is 28.2 Å². The molecule has 2 N–H and O–H groups in total. The minimum atomic E-state index is -4.06. The van der Waals surface area contributed by atoms with E-state index in [0.717, 1.165) is 11.1 Å². The van der Waals surface area contributed by atoms with Gasteiger partial charge in [-0.05, 0) is 43.0 Å². The maximum Gasteiger partial charge on any atom is 0.219 e. The van der Waals surface area contributed by atoms with Crippen LogP contribution in [0.2, 0.25) is 0 Å². The number of ketones is 1. The summed E-state index contributed by atoms with van der Waals surface area (Å²) < 4.78 is 28.7. The van der Waals surface area contributed by atoms with Crippen molar-refractivity contribution in [3.8, 4) is 5.75 Å². The second-order valence-corrected chi connectivity index (χ2v) is 7.16. The average Bonchev–Trinajstić information content (AvgIpc) is 2.55. The molecule has 2 rings (SSSR count). The zero-order chi connectivity index (χ0) is 17.7. The third-order valence-electron chi connectivity index (χ3n) is 3.54. The van der Waals surface area contributed by atoms with Gasteiger partial charge in [0.05, 0.1) is 7.11 Å². The molecule has 24 heavy (non-hydrogen) atoms. The van der Waals surface area contributed by atoms with Gasteiger partial charge in [0.25, 0.3) is 0 Å². The molecule has 128 valence electrons. The number of aryl methyl sites for hydroxylation is 2. The number of hydrogen-bond acceptors (Lipinski definition) is 6. The smallest absolute Gasteiger partial charge is 0.219 e. The van der Waals surface area contributed by atoms with E-state index in [1.54, 1.807) is 26.2 Å². The Balaban J connectivity index is 2.16. The van der Waals surface area contributed by atoms with Gasteiger partial charge >= 0.3 is 0 Å². The topological polar surface area (TPSA) is 112 Å². The number of benzene rings is 1.